The standard InChI is InChI=1S/C12H14BrNS/c1-15-8-2-6-14-7-5-10-9-11(13)3-4-12(10)14/h3-5,7,9H,2,6,8H2,1H3. The van der Waals surface area contributed by atoms with Crippen LogP contribution >= 0.6 is 27.7 Å². The number of fused-ring (bicyclic) bond motifs is 1. The Morgan fingerprint density at radius 2 is 2.20 bits per heavy atom. The molecule has 0 N–H and O–H groups in total. The number of rotatable bonds is 4. The Morgan fingerprint density at radius 1 is 1.33 bits per heavy atom. The van der Waals surface area contributed by atoms with Crippen LogP contribution < -0.4 is 0 Å². The topological polar surface area (TPSA) is 4.93 Å². The molecule has 0 aliphatic rings. The van der Waals surface area contributed by atoms with Crippen LogP contribution in [0.4, 0.5) is 0 Å². The van der Waals surface area contributed by atoms with Crippen LogP contribution in [0.25, 0.3) is 10.9 Å². The molecule has 0 unspecified atom stereocenters. The maximum absolute atomic E-state index is 3.49. The minimum Gasteiger partial charge on any atom is -0.347 e. The van der Waals surface area contributed by atoms with Gasteiger partial charge in [-0.3, -0.25) is 0 Å². The van der Waals surface area contributed by atoms with E-state index in [1.165, 1.54) is 23.1 Å². The first-order chi connectivity index (χ1) is 7.31. The summed E-state index contributed by atoms with van der Waals surface area (Å²) in [6.45, 7) is 1.12. The molecule has 1 aromatic heterocycles. The van der Waals surface area contributed by atoms with Gasteiger partial charge in [-0.2, -0.15) is 11.8 Å². The number of benzene rings is 1. The first-order valence-electron chi connectivity index (χ1n) is 5.04. The van der Waals surface area contributed by atoms with Crippen molar-refractivity contribution in [3.63, 3.8) is 0 Å². The maximum Gasteiger partial charge on any atom is 0.0481 e. The van der Waals surface area contributed by atoms with E-state index in [1.54, 1.807) is 0 Å². The van der Waals surface area contributed by atoms with Gasteiger partial charge in [-0.1, -0.05) is 15.9 Å². The lowest BCUT2D eigenvalue weighted by Crippen LogP contribution is -1.96. The molecule has 0 bridgehead atoms. The van der Waals surface area contributed by atoms with Gasteiger partial charge in [0.05, 0.1) is 0 Å². The molecule has 3 heteroatoms. The van der Waals surface area contributed by atoms with Gasteiger partial charge in [0.2, 0.25) is 0 Å². The van der Waals surface area contributed by atoms with Crippen LogP contribution in [0.1, 0.15) is 6.42 Å². The third kappa shape index (κ3) is 2.58. The molecule has 0 fully saturated rings. The quantitative estimate of drug-likeness (QED) is 0.763. The Kier molecular flexibility index (Phi) is 3.76. The molecule has 2 aromatic rings. The highest BCUT2D eigenvalue weighted by Gasteiger charge is 2.00. The normalized spacial score (nSPS) is 11.1. The van der Waals surface area contributed by atoms with E-state index in [2.05, 4.69) is 57.2 Å². The molecule has 0 aliphatic heterocycles. The molecule has 0 amide bonds. The number of nitrogens with zero attached hydrogens (tertiary/aromatic N) is 1. The monoisotopic (exact) mass is 283 g/mol. The second-order valence-corrected chi connectivity index (χ2v) is 5.46. The van der Waals surface area contributed by atoms with Crippen LogP contribution in [-0.2, 0) is 6.54 Å². The van der Waals surface area contributed by atoms with Gasteiger partial charge in [0.25, 0.3) is 0 Å². The van der Waals surface area contributed by atoms with Crippen molar-refractivity contribution < 1.29 is 0 Å². The zero-order chi connectivity index (χ0) is 10.7. The summed E-state index contributed by atoms with van der Waals surface area (Å²) in [5.41, 5.74) is 1.33. The predicted molar refractivity (Wildman–Crippen MR) is 72.6 cm³/mol. The molecule has 0 spiro atoms. The summed E-state index contributed by atoms with van der Waals surface area (Å²) in [6, 6.07) is 8.63. The van der Waals surface area contributed by atoms with Crippen molar-refractivity contribution in [2.24, 2.45) is 0 Å². The van der Waals surface area contributed by atoms with Crippen molar-refractivity contribution >= 4 is 38.6 Å². The Labute approximate surface area is 103 Å². The van der Waals surface area contributed by atoms with Crippen molar-refractivity contribution in [2.75, 3.05) is 12.0 Å². The average molecular weight is 284 g/mol. The first-order valence-corrected chi connectivity index (χ1v) is 7.23. The Hall–Kier alpha value is -0.410. The minimum atomic E-state index is 1.12. The SMILES string of the molecule is CSCCCn1ccc2cc(Br)ccc21. The third-order valence-electron chi connectivity index (χ3n) is 2.48. The van der Waals surface area contributed by atoms with E-state index in [0.717, 1.165) is 11.0 Å². The maximum atomic E-state index is 3.49. The summed E-state index contributed by atoms with van der Waals surface area (Å²) in [6.07, 6.45) is 5.57. The Bertz CT molecular complexity index is 450. The zero-order valence-electron chi connectivity index (χ0n) is 8.74. The molecule has 0 aliphatic carbocycles. The second-order valence-electron chi connectivity index (χ2n) is 3.56. The summed E-state index contributed by atoms with van der Waals surface area (Å²) in [7, 11) is 0. The van der Waals surface area contributed by atoms with E-state index < -0.39 is 0 Å². The number of hydrogen-bond acceptors (Lipinski definition) is 1. The molecule has 1 nitrogen and oxygen atoms in total. The molecule has 0 saturated heterocycles. The van der Waals surface area contributed by atoms with Crippen LogP contribution in [0, 0.1) is 0 Å². The van der Waals surface area contributed by atoms with Crippen molar-refractivity contribution in [3.8, 4) is 0 Å². The Morgan fingerprint density at radius 3 is 3.00 bits per heavy atom. The molecule has 0 atom stereocenters. The van der Waals surface area contributed by atoms with Crippen LogP contribution in [0.2, 0.25) is 0 Å². The van der Waals surface area contributed by atoms with Crippen LogP contribution in [0.15, 0.2) is 34.9 Å². The van der Waals surface area contributed by atoms with Crippen molar-refractivity contribution in [3.05, 3.63) is 34.9 Å². The van der Waals surface area contributed by atoms with E-state index >= 15 is 0 Å². The van der Waals surface area contributed by atoms with Gasteiger partial charge in [0.15, 0.2) is 0 Å². The van der Waals surface area contributed by atoms with Crippen molar-refractivity contribution in [1.82, 2.24) is 4.57 Å². The second kappa shape index (κ2) is 5.08. The largest absolute Gasteiger partial charge is 0.347 e. The van der Waals surface area contributed by atoms with E-state index in [1.807, 2.05) is 11.8 Å². The molecular formula is C12H14BrNS. The van der Waals surface area contributed by atoms with Crippen LogP contribution in [-0.4, -0.2) is 16.6 Å². The fraction of sp³-hybridized carbons (Fsp3) is 0.333. The van der Waals surface area contributed by atoms with E-state index in [0.29, 0.717) is 0 Å². The van der Waals surface area contributed by atoms with Crippen LogP contribution in [0.3, 0.4) is 0 Å². The fourth-order valence-electron chi connectivity index (χ4n) is 1.75. The predicted octanol–water partition coefficient (Wildman–Crippen LogP) is 4.16. The summed E-state index contributed by atoms with van der Waals surface area (Å²) < 4.78 is 3.48. The van der Waals surface area contributed by atoms with Gasteiger partial charge in [-0.05, 0) is 42.7 Å². The van der Waals surface area contributed by atoms with Crippen molar-refractivity contribution in [2.45, 2.75) is 13.0 Å². The molecule has 0 saturated carbocycles. The Balaban J connectivity index is 2.21. The van der Waals surface area contributed by atoms with E-state index in [-0.39, 0.29) is 0 Å². The molecule has 1 aromatic carbocycles. The summed E-state index contributed by atoms with van der Waals surface area (Å²) in [5.74, 6) is 1.23. The number of halogens is 1. The molecule has 2 rings (SSSR count). The van der Waals surface area contributed by atoms with E-state index in [9.17, 15) is 0 Å². The van der Waals surface area contributed by atoms with Gasteiger partial charge >= 0.3 is 0 Å². The first kappa shape index (κ1) is 11.1. The summed E-state index contributed by atoms with van der Waals surface area (Å²) in [5, 5.41) is 1.31. The molecular weight excluding hydrogens is 270 g/mol. The molecule has 0 radical (unpaired) electrons. The fourth-order valence-corrected chi connectivity index (χ4v) is 2.54. The highest BCUT2D eigenvalue weighted by atomic mass is 79.9. The van der Waals surface area contributed by atoms with Gasteiger partial charge in [-0.15, -0.1) is 0 Å². The number of aromatic nitrogens is 1. The summed E-state index contributed by atoms with van der Waals surface area (Å²) in [4.78, 5) is 0. The van der Waals surface area contributed by atoms with Gasteiger partial charge in [0.1, 0.15) is 0 Å². The highest BCUT2D eigenvalue weighted by molar-refractivity contribution is 9.10. The molecule has 1 heterocycles. The number of thioether (sulfide) groups is 1. The highest BCUT2D eigenvalue weighted by Crippen LogP contribution is 2.21. The average Bonchev–Trinajstić information content (AvgIpc) is 2.61. The van der Waals surface area contributed by atoms with Gasteiger partial charge in [0, 0.05) is 28.1 Å². The minimum absolute atomic E-state index is 1.12. The van der Waals surface area contributed by atoms with Gasteiger partial charge in [-0.25, -0.2) is 0 Å². The lowest BCUT2D eigenvalue weighted by molar-refractivity contribution is 0.709. The molecule has 80 valence electrons. The lowest BCUT2D eigenvalue weighted by atomic mass is 10.2. The number of aryl methyl sites for hydroxylation is 1. The van der Waals surface area contributed by atoms with Crippen LogP contribution in [0.5, 0.6) is 0 Å². The zero-order valence-corrected chi connectivity index (χ0v) is 11.1. The van der Waals surface area contributed by atoms with E-state index in [4.69, 9.17) is 0 Å². The molecule has 15 heavy (non-hydrogen) atoms. The number of hydrogen-bond donors (Lipinski definition) is 0. The van der Waals surface area contributed by atoms with Crippen molar-refractivity contribution in [1.29, 1.82) is 0 Å². The lowest BCUT2D eigenvalue weighted by Gasteiger charge is -2.04. The smallest absolute Gasteiger partial charge is 0.0481 e. The summed E-state index contributed by atoms with van der Waals surface area (Å²) >= 11 is 5.40. The third-order valence-corrected chi connectivity index (χ3v) is 3.67. The van der Waals surface area contributed by atoms with Gasteiger partial charge < -0.3 is 4.57 Å².